The van der Waals surface area contributed by atoms with Crippen LogP contribution in [-0.4, -0.2) is 33.9 Å². The van der Waals surface area contributed by atoms with Crippen LogP contribution in [0.2, 0.25) is 0 Å². The summed E-state index contributed by atoms with van der Waals surface area (Å²) in [4.78, 5) is 0. The van der Waals surface area contributed by atoms with Crippen molar-refractivity contribution in [1.29, 1.82) is 0 Å². The highest BCUT2D eigenvalue weighted by molar-refractivity contribution is 5.38. The number of nitrogens with one attached hydrogen (secondary N) is 1. The highest BCUT2D eigenvalue weighted by Gasteiger charge is 1.93. The zero-order valence-corrected chi connectivity index (χ0v) is 10.5. The van der Waals surface area contributed by atoms with E-state index in [1.807, 2.05) is 31.3 Å². The topological polar surface area (TPSA) is 30.5 Å². The maximum atomic E-state index is 5.46. The van der Waals surface area contributed by atoms with E-state index >= 15 is 0 Å². The molecule has 1 aromatic carbocycles. The molecular formula is C14H19NO2. The van der Waals surface area contributed by atoms with Gasteiger partial charge in [0.15, 0.2) is 0 Å². The molecule has 0 amide bonds. The summed E-state index contributed by atoms with van der Waals surface area (Å²) >= 11 is 0. The maximum Gasteiger partial charge on any atom is 0.119 e. The van der Waals surface area contributed by atoms with Gasteiger partial charge in [-0.3, -0.25) is 0 Å². The lowest BCUT2D eigenvalue weighted by Gasteiger charge is -2.04. The average Bonchev–Trinajstić information content (AvgIpc) is 2.37. The van der Waals surface area contributed by atoms with Crippen LogP contribution in [0.25, 0.3) is 0 Å². The van der Waals surface area contributed by atoms with Crippen LogP contribution in [0, 0.1) is 11.8 Å². The SMILES string of the molecule is CNCCC#Cc1ccc(OCCOC)cc1. The van der Waals surface area contributed by atoms with Gasteiger partial charge in [-0.25, -0.2) is 0 Å². The fraction of sp³-hybridized carbons (Fsp3) is 0.429. The molecule has 1 aromatic rings. The molecule has 0 saturated carbocycles. The van der Waals surface area contributed by atoms with E-state index in [-0.39, 0.29) is 0 Å². The van der Waals surface area contributed by atoms with Crippen LogP contribution in [0.5, 0.6) is 5.75 Å². The molecule has 0 heterocycles. The largest absolute Gasteiger partial charge is 0.491 e. The van der Waals surface area contributed by atoms with Crippen LogP contribution < -0.4 is 10.1 Å². The van der Waals surface area contributed by atoms with Gasteiger partial charge in [-0.05, 0) is 31.3 Å². The Morgan fingerprint density at radius 1 is 1.18 bits per heavy atom. The third kappa shape index (κ3) is 5.96. The van der Waals surface area contributed by atoms with E-state index < -0.39 is 0 Å². The third-order valence-corrected chi connectivity index (χ3v) is 2.14. The van der Waals surface area contributed by atoms with Gasteiger partial charge in [0.1, 0.15) is 12.4 Å². The molecule has 3 nitrogen and oxygen atoms in total. The number of hydrogen-bond donors (Lipinski definition) is 1. The van der Waals surface area contributed by atoms with Crippen molar-refractivity contribution in [2.45, 2.75) is 6.42 Å². The zero-order chi connectivity index (χ0) is 12.3. The quantitative estimate of drug-likeness (QED) is 0.599. The van der Waals surface area contributed by atoms with E-state index in [1.165, 1.54) is 0 Å². The number of hydrogen-bond acceptors (Lipinski definition) is 3. The van der Waals surface area contributed by atoms with E-state index in [1.54, 1.807) is 7.11 Å². The van der Waals surface area contributed by atoms with Crippen molar-refractivity contribution in [1.82, 2.24) is 5.32 Å². The van der Waals surface area contributed by atoms with Gasteiger partial charge in [0.2, 0.25) is 0 Å². The first kappa shape index (κ1) is 13.6. The fourth-order valence-corrected chi connectivity index (χ4v) is 1.23. The van der Waals surface area contributed by atoms with Gasteiger partial charge in [-0.2, -0.15) is 0 Å². The number of ether oxygens (including phenoxy) is 2. The molecular weight excluding hydrogens is 214 g/mol. The normalized spacial score (nSPS) is 9.53. The Morgan fingerprint density at radius 2 is 1.94 bits per heavy atom. The van der Waals surface area contributed by atoms with Gasteiger partial charge < -0.3 is 14.8 Å². The molecule has 0 atom stereocenters. The van der Waals surface area contributed by atoms with Gasteiger partial charge in [-0.15, -0.1) is 0 Å². The number of methoxy groups -OCH3 is 1. The summed E-state index contributed by atoms with van der Waals surface area (Å²) in [6, 6.07) is 7.79. The second kappa shape index (κ2) is 8.63. The summed E-state index contributed by atoms with van der Waals surface area (Å²) in [5.74, 6) is 7.05. The smallest absolute Gasteiger partial charge is 0.119 e. The van der Waals surface area contributed by atoms with Crippen molar-refractivity contribution in [2.75, 3.05) is 33.9 Å². The van der Waals surface area contributed by atoms with E-state index in [4.69, 9.17) is 9.47 Å². The molecule has 0 bridgehead atoms. The van der Waals surface area contributed by atoms with Gasteiger partial charge in [0.25, 0.3) is 0 Å². The Bertz CT molecular complexity index is 362. The minimum atomic E-state index is 0.573. The minimum Gasteiger partial charge on any atom is -0.491 e. The third-order valence-electron chi connectivity index (χ3n) is 2.14. The fourth-order valence-electron chi connectivity index (χ4n) is 1.23. The van der Waals surface area contributed by atoms with Gasteiger partial charge in [0.05, 0.1) is 6.61 Å². The summed E-state index contributed by atoms with van der Waals surface area (Å²) in [7, 11) is 3.58. The molecule has 17 heavy (non-hydrogen) atoms. The molecule has 3 heteroatoms. The Balaban J connectivity index is 2.40. The molecule has 0 spiro atoms. The molecule has 1 N–H and O–H groups in total. The van der Waals surface area contributed by atoms with Gasteiger partial charge >= 0.3 is 0 Å². The highest BCUT2D eigenvalue weighted by atomic mass is 16.5. The summed E-state index contributed by atoms with van der Waals surface area (Å²) in [6.07, 6.45) is 0.864. The van der Waals surface area contributed by atoms with Gasteiger partial charge in [-0.1, -0.05) is 11.8 Å². The minimum absolute atomic E-state index is 0.573. The van der Waals surface area contributed by atoms with Crippen molar-refractivity contribution in [2.24, 2.45) is 0 Å². The highest BCUT2D eigenvalue weighted by Crippen LogP contribution is 2.11. The second-order valence-corrected chi connectivity index (χ2v) is 3.52. The Morgan fingerprint density at radius 3 is 2.59 bits per heavy atom. The summed E-state index contributed by atoms with van der Waals surface area (Å²) in [5.41, 5.74) is 1.01. The van der Waals surface area contributed by atoms with Crippen LogP contribution in [0.15, 0.2) is 24.3 Å². The molecule has 0 radical (unpaired) electrons. The molecule has 0 aliphatic heterocycles. The lowest BCUT2D eigenvalue weighted by Crippen LogP contribution is -2.05. The standard InChI is InChI=1S/C14H19NO2/c1-15-10-4-3-5-13-6-8-14(9-7-13)17-12-11-16-2/h6-9,15H,4,10-12H2,1-2H3. The molecule has 0 aromatic heterocycles. The van der Waals surface area contributed by atoms with Crippen molar-refractivity contribution < 1.29 is 9.47 Å². The first-order chi connectivity index (χ1) is 8.36. The van der Waals surface area contributed by atoms with E-state index in [2.05, 4.69) is 17.2 Å². The van der Waals surface area contributed by atoms with Crippen LogP contribution in [0.4, 0.5) is 0 Å². The van der Waals surface area contributed by atoms with E-state index in [9.17, 15) is 0 Å². The summed E-state index contributed by atoms with van der Waals surface area (Å²) in [5, 5.41) is 3.06. The van der Waals surface area contributed by atoms with Crippen molar-refractivity contribution in [3.05, 3.63) is 29.8 Å². The number of benzene rings is 1. The van der Waals surface area contributed by atoms with Crippen LogP contribution in [-0.2, 0) is 4.74 Å². The summed E-state index contributed by atoms with van der Waals surface area (Å²) in [6.45, 7) is 2.10. The molecule has 0 unspecified atom stereocenters. The molecule has 0 fully saturated rings. The van der Waals surface area contributed by atoms with Crippen LogP contribution >= 0.6 is 0 Å². The van der Waals surface area contributed by atoms with Crippen molar-refractivity contribution >= 4 is 0 Å². The average molecular weight is 233 g/mol. The summed E-state index contributed by atoms with van der Waals surface area (Å²) < 4.78 is 10.4. The Kier molecular flexibility index (Phi) is 6.89. The maximum absolute atomic E-state index is 5.46. The van der Waals surface area contributed by atoms with E-state index in [0.29, 0.717) is 13.2 Å². The first-order valence-electron chi connectivity index (χ1n) is 5.72. The molecule has 92 valence electrons. The van der Waals surface area contributed by atoms with Crippen LogP contribution in [0.3, 0.4) is 0 Å². The predicted molar refractivity (Wildman–Crippen MR) is 69.2 cm³/mol. The van der Waals surface area contributed by atoms with Crippen molar-refractivity contribution in [3.63, 3.8) is 0 Å². The van der Waals surface area contributed by atoms with Gasteiger partial charge in [0, 0.05) is 25.6 Å². The molecule has 0 aliphatic carbocycles. The predicted octanol–water partition coefficient (Wildman–Crippen LogP) is 1.67. The molecule has 0 saturated heterocycles. The lowest BCUT2D eigenvalue weighted by atomic mass is 10.2. The number of rotatable bonds is 6. The zero-order valence-electron chi connectivity index (χ0n) is 10.5. The second-order valence-electron chi connectivity index (χ2n) is 3.52. The van der Waals surface area contributed by atoms with Crippen LogP contribution in [0.1, 0.15) is 12.0 Å². The molecule has 1 rings (SSSR count). The Labute approximate surface area is 103 Å². The molecule has 0 aliphatic rings. The Hall–Kier alpha value is -1.50. The van der Waals surface area contributed by atoms with Crippen molar-refractivity contribution in [3.8, 4) is 17.6 Å². The lowest BCUT2D eigenvalue weighted by molar-refractivity contribution is 0.146. The van der Waals surface area contributed by atoms with E-state index in [0.717, 1.165) is 24.3 Å². The first-order valence-corrected chi connectivity index (χ1v) is 5.72. The monoisotopic (exact) mass is 233 g/mol.